The molecule has 1 unspecified atom stereocenters. The van der Waals surface area contributed by atoms with Crippen molar-refractivity contribution in [3.8, 4) is 0 Å². The summed E-state index contributed by atoms with van der Waals surface area (Å²) in [5.74, 6) is 1.61. The summed E-state index contributed by atoms with van der Waals surface area (Å²) in [6, 6.07) is 0.521. The molecule has 0 spiro atoms. The lowest BCUT2D eigenvalue weighted by Crippen LogP contribution is -2.59. The van der Waals surface area contributed by atoms with Crippen molar-refractivity contribution >= 4 is 5.96 Å². The number of nitrogens with zero attached hydrogens (tertiary/aromatic N) is 3. The van der Waals surface area contributed by atoms with E-state index in [1.165, 1.54) is 32.4 Å². The van der Waals surface area contributed by atoms with E-state index in [-0.39, 0.29) is 5.54 Å². The second-order valence-electron chi connectivity index (χ2n) is 9.27. The maximum Gasteiger partial charge on any atom is 0.191 e. The number of morpholine rings is 1. The molecule has 0 amide bonds. The van der Waals surface area contributed by atoms with Crippen molar-refractivity contribution in [2.75, 3.05) is 72.7 Å². The van der Waals surface area contributed by atoms with Gasteiger partial charge in [-0.2, -0.15) is 0 Å². The minimum Gasteiger partial charge on any atom is -0.381 e. The summed E-state index contributed by atoms with van der Waals surface area (Å²) >= 11 is 0. The molecule has 0 aliphatic carbocycles. The Labute approximate surface area is 177 Å². The largest absolute Gasteiger partial charge is 0.381 e. The third-order valence-electron chi connectivity index (χ3n) is 6.82. The van der Waals surface area contributed by atoms with Crippen LogP contribution in [0.25, 0.3) is 0 Å². The van der Waals surface area contributed by atoms with Gasteiger partial charge in [0.1, 0.15) is 0 Å². The van der Waals surface area contributed by atoms with Gasteiger partial charge in [-0.25, -0.2) is 0 Å². The minimum atomic E-state index is 0.216. The zero-order chi connectivity index (χ0) is 20.5. The van der Waals surface area contributed by atoms with Crippen molar-refractivity contribution in [2.24, 2.45) is 10.9 Å². The molecule has 0 saturated carbocycles. The van der Waals surface area contributed by atoms with Gasteiger partial charge in [0.2, 0.25) is 0 Å². The van der Waals surface area contributed by atoms with Crippen LogP contribution in [-0.4, -0.2) is 100 Å². The third-order valence-corrected chi connectivity index (χ3v) is 6.82. The Morgan fingerprint density at radius 1 is 0.966 bits per heavy atom. The van der Waals surface area contributed by atoms with Gasteiger partial charge in [-0.05, 0) is 51.1 Å². The molecular weight excluding hydrogens is 366 g/mol. The summed E-state index contributed by atoms with van der Waals surface area (Å²) in [6.45, 7) is 14.4. The fourth-order valence-corrected chi connectivity index (χ4v) is 5.08. The van der Waals surface area contributed by atoms with E-state index in [9.17, 15) is 0 Å². The van der Waals surface area contributed by atoms with Crippen molar-refractivity contribution in [1.82, 2.24) is 20.4 Å². The van der Waals surface area contributed by atoms with Gasteiger partial charge < -0.3 is 20.1 Å². The van der Waals surface area contributed by atoms with Crippen LogP contribution in [0, 0.1) is 5.92 Å². The second-order valence-corrected chi connectivity index (χ2v) is 9.27. The van der Waals surface area contributed by atoms with Gasteiger partial charge in [-0.3, -0.25) is 14.8 Å². The molecule has 7 heteroatoms. The summed E-state index contributed by atoms with van der Waals surface area (Å²) in [7, 11) is 1.88. The lowest BCUT2D eigenvalue weighted by Gasteiger charge is -2.45. The molecule has 0 aromatic carbocycles. The average molecular weight is 410 g/mol. The van der Waals surface area contributed by atoms with E-state index in [1.54, 1.807) is 0 Å². The van der Waals surface area contributed by atoms with Crippen molar-refractivity contribution < 1.29 is 9.47 Å². The number of nitrogens with one attached hydrogen (secondary N) is 2. The summed E-state index contributed by atoms with van der Waals surface area (Å²) in [6.07, 6.45) is 6.07. The molecule has 3 fully saturated rings. The number of aliphatic imine (C=N–C) groups is 1. The van der Waals surface area contributed by atoms with E-state index in [0.717, 1.165) is 71.4 Å². The second kappa shape index (κ2) is 11.5. The van der Waals surface area contributed by atoms with Crippen LogP contribution in [0.5, 0.6) is 0 Å². The first kappa shape index (κ1) is 22.8. The highest BCUT2D eigenvalue weighted by Crippen LogP contribution is 2.30. The Hall–Kier alpha value is -0.890. The van der Waals surface area contributed by atoms with E-state index in [2.05, 4.69) is 39.3 Å². The standard InChI is InChI=1S/C22H43N5O2/c1-19(2)16-20(26-10-14-29-15-11-26)17-24-21(23-3)25-18-22(6-12-28-13-7-22)27-8-4-5-9-27/h19-20H,4-18H2,1-3H3,(H2,23,24,25). The van der Waals surface area contributed by atoms with E-state index >= 15 is 0 Å². The highest BCUT2D eigenvalue weighted by molar-refractivity contribution is 5.79. The van der Waals surface area contributed by atoms with Crippen LogP contribution >= 0.6 is 0 Å². The molecule has 2 N–H and O–H groups in total. The Morgan fingerprint density at radius 3 is 2.24 bits per heavy atom. The molecule has 0 radical (unpaired) electrons. The Morgan fingerprint density at radius 2 is 1.62 bits per heavy atom. The smallest absolute Gasteiger partial charge is 0.191 e. The van der Waals surface area contributed by atoms with Crippen LogP contribution in [0.15, 0.2) is 4.99 Å². The summed E-state index contributed by atoms with van der Waals surface area (Å²) < 4.78 is 11.2. The highest BCUT2D eigenvalue weighted by Gasteiger charge is 2.39. The van der Waals surface area contributed by atoms with Gasteiger partial charge >= 0.3 is 0 Å². The maximum absolute atomic E-state index is 5.68. The SMILES string of the molecule is CN=C(NCC(CC(C)C)N1CCOCC1)NCC1(N2CCCC2)CCOCC1. The number of rotatable bonds is 8. The molecule has 3 saturated heterocycles. The lowest BCUT2D eigenvalue weighted by atomic mass is 9.88. The van der Waals surface area contributed by atoms with Gasteiger partial charge in [-0.1, -0.05) is 13.8 Å². The first-order valence-electron chi connectivity index (χ1n) is 11.7. The molecule has 0 aromatic heterocycles. The molecule has 3 heterocycles. The number of guanidine groups is 1. The lowest BCUT2D eigenvalue weighted by molar-refractivity contribution is -0.0164. The van der Waals surface area contributed by atoms with Gasteiger partial charge in [0, 0.05) is 58.0 Å². The van der Waals surface area contributed by atoms with Gasteiger partial charge in [0.05, 0.1) is 13.2 Å². The van der Waals surface area contributed by atoms with Crippen LogP contribution in [-0.2, 0) is 9.47 Å². The van der Waals surface area contributed by atoms with Crippen molar-refractivity contribution in [1.29, 1.82) is 0 Å². The number of hydrogen-bond acceptors (Lipinski definition) is 5. The Bertz CT molecular complexity index is 495. The monoisotopic (exact) mass is 409 g/mol. The molecule has 1 atom stereocenters. The molecule has 7 nitrogen and oxygen atoms in total. The summed E-state index contributed by atoms with van der Waals surface area (Å²) in [5.41, 5.74) is 0.216. The minimum absolute atomic E-state index is 0.216. The predicted molar refractivity (Wildman–Crippen MR) is 119 cm³/mol. The van der Waals surface area contributed by atoms with E-state index < -0.39 is 0 Å². The molecule has 0 aromatic rings. The summed E-state index contributed by atoms with van der Waals surface area (Å²) in [5, 5.41) is 7.29. The van der Waals surface area contributed by atoms with Crippen LogP contribution in [0.1, 0.15) is 46.0 Å². The van der Waals surface area contributed by atoms with Crippen LogP contribution < -0.4 is 10.6 Å². The Balaban J connectivity index is 1.54. The van der Waals surface area contributed by atoms with Gasteiger partial charge in [0.15, 0.2) is 5.96 Å². The van der Waals surface area contributed by atoms with Crippen molar-refractivity contribution in [2.45, 2.75) is 57.5 Å². The molecule has 29 heavy (non-hydrogen) atoms. The zero-order valence-electron chi connectivity index (χ0n) is 18.9. The van der Waals surface area contributed by atoms with Crippen LogP contribution in [0.4, 0.5) is 0 Å². The third kappa shape index (κ3) is 6.54. The van der Waals surface area contributed by atoms with E-state index in [1.807, 2.05) is 7.05 Å². The molecule has 168 valence electrons. The van der Waals surface area contributed by atoms with Gasteiger partial charge in [-0.15, -0.1) is 0 Å². The fraction of sp³-hybridized carbons (Fsp3) is 0.955. The molecule has 3 aliphatic heterocycles. The molecule has 3 rings (SSSR count). The van der Waals surface area contributed by atoms with Crippen molar-refractivity contribution in [3.63, 3.8) is 0 Å². The molecule has 3 aliphatic rings. The van der Waals surface area contributed by atoms with Crippen LogP contribution in [0.2, 0.25) is 0 Å². The number of likely N-dealkylation sites (tertiary alicyclic amines) is 1. The van der Waals surface area contributed by atoms with Gasteiger partial charge in [0.25, 0.3) is 0 Å². The fourth-order valence-electron chi connectivity index (χ4n) is 5.08. The van der Waals surface area contributed by atoms with Crippen LogP contribution in [0.3, 0.4) is 0 Å². The maximum atomic E-state index is 5.68. The zero-order valence-corrected chi connectivity index (χ0v) is 18.9. The topological polar surface area (TPSA) is 61.4 Å². The normalized spacial score (nSPS) is 25.3. The first-order chi connectivity index (χ1) is 14.1. The number of ether oxygens (including phenoxy) is 2. The quantitative estimate of drug-likeness (QED) is 0.468. The van der Waals surface area contributed by atoms with E-state index in [0.29, 0.717) is 12.0 Å². The van der Waals surface area contributed by atoms with E-state index in [4.69, 9.17) is 9.47 Å². The molecular formula is C22H43N5O2. The van der Waals surface area contributed by atoms with Crippen molar-refractivity contribution in [3.05, 3.63) is 0 Å². The Kier molecular flexibility index (Phi) is 9.03. The summed E-state index contributed by atoms with van der Waals surface area (Å²) in [4.78, 5) is 9.80. The average Bonchev–Trinajstić information content (AvgIpc) is 3.30. The first-order valence-corrected chi connectivity index (χ1v) is 11.7. The number of hydrogen-bond donors (Lipinski definition) is 2. The molecule has 0 bridgehead atoms. The highest BCUT2D eigenvalue weighted by atomic mass is 16.5. The predicted octanol–water partition coefficient (Wildman–Crippen LogP) is 1.54.